The number of nitriles is 1. The van der Waals surface area contributed by atoms with E-state index in [0.717, 1.165) is 22.7 Å². The van der Waals surface area contributed by atoms with Crippen molar-refractivity contribution in [2.24, 2.45) is 0 Å². The fourth-order valence-electron chi connectivity index (χ4n) is 2.26. The maximum absolute atomic E-state index is 9.40. The van der Waals surface area contributed by atoms with E-state index in [-0.39, 0.29) is 0 Å². The summed E-state index contributed by atoms with van der Waals surface area (Å²) < 4.78 is 0. The van der Waals surface area contributed by atoms with Crippen molar-refractivity contribution >= 4 is 23.1 Å². The Hall–Kier alpha value is -1.92. The summed E-state index contributed by atoms with van der Waals surface area (Å²) in [6, 6.07) is 14.5. The van der Waals surface area contributed by atoms with Crippen LogP contribution in [-0.2, 0) is 6.42 Å². The molecule has 0 amide bonds. The van der Waals surface area contributed by atoms with Crippen molar-refractivity contribution < 1.29 is 0 Å². The molecule has 0 saturated heterocycles. The van der Waals surface area contributed by atoms with Gasteiger partial charge in [-0.15, -0.1) is 11.8 Å². The van der Waals surface area contributed by atoms with Crippen LogP contribution in [0.15, 0.2) is 41.3 Å². The number of para-hydroxylation sites is 1. The van der Waals surface area contributed by atoms with Crippen molar-refractivity contribution in [1.29, 1.82) is 5.26 Å². The maximum Gasteiger partial charge on any atom is 0.103 e. The van der Waals surface area contributed by atoms with Crippen LogP contribution in [0.3, 0.4) is 0 Å². The number of hydrogen-bond donors (Lipinski definition) is 1. The number of rotatable bonds is 4. The second-order valence-corrected chi connectivity index (χ2v) is 5.43. The Kier molecular flexibility index (Phi) is 4.70. The number of anilines is 2. The molecule has 102 valence electrons. The third-order valence-corrected chi connectivity index (χ3v) is 4.14. The van der Waals surface area contributed by atoms with Crippen LogP contribution in [0.25, 0.3) is 0 Å². The molecule has 0 atom stereocenters. The third-order valence-electron chi connectivity index (χ3n) is 3.36. The molecule has 0 bridgehead atoms. The Morgan fingerprint density at radius 2 is 1.95 bits per heavy atom. The van der Waals surface area contributed by atoms with E-state index in [0.29, 0.717) is 5.56 Å². The minimum absolute atomic E-state index is 0.713. The van der Waals surface area contributed by atoms with Crippen molar-refractivity contribution in [3.8, 4) is 6.07 Å². The minimum Gasteiger partial charge on any atom is -0.354 e. The topological polar surface area (TPSA) is 35.8 Å². The van der Waals surface area contributed by atoms with Gasteiger partial charge in [-0.25, -0.2) is 0 Å². The number of nitrogens with zero attached hydrogens (tertiary/aromatic N) is 1. The van der Waals surface area contributed by atoms with Gasteiger partial charge in [0.2, 0.25) is 0 Å². The van der Waals surface area contributed by atoms with Gasteiger partial charge in [-0.1, -0.05) is 31.2 Å². The largest absolute Gasteiger partial charge is 0.354 e. The highest BCUT2D eigenvalue weighted by atomic mass is 32.2. The average Bonchev–Trinajstić information content (AvgIpc) is 2.48. The van der Waals surface area contributed by atoms with Gasteiger partial charge in [0.05, 0.1) is 11.3 Å². The number of benzene rings is 2. The van der Waals surface area contributed by atoms with Gasteiger partial charge in [0.1, 0.15) is 6.07 Å². The summed E-state index contributed by atoms with van der Waals surface area (Å²) in [4.78, 5) is 1.00. The monoisotopic (exact) mass is 282 g/mol. The highest BCUT2D eigenvalue weighted by molar-refractivity contribution is 7.98. The Morgan fingerprint density at radius 3 is 2.60 bits per heavy atom. The van der Waals surface area contributed by atoms with Gasteiger partial charge in [0.15, 0.2) is 0 Å². The lowest BCUT2D eigenvalue weighted by Crippen LogP contribution is -2.00. The number of hydrogen-bond acceptors (Lipinski definition) is 3. The zero-order valence-electron chi connectivity index (χ0n) is 12.0. The van der Waals surface area contributed by atoms with Gasteiger partial charge in [-0.05, 0) is 42.9 Å². The summed E-state index contributed by atoms with van der Waals surface area (Å²) in [5, 5.41) is 12.9. The maximum atomic E-state index is 9.40. The van der Waals surface area contributed by atoms with Crippen LogP contribution in [0.1, 0.15) is 23.6 Å². The third kappa shape index (κ3) is 2.81. The van der Waals surface area contributed by atoms with Gasteiger partial charge < -0.3 is 5.32 Å². The first kappa shape index (κ1) is 14.5. The quantitative estimate of drug-likeness (QED) is 0.811. The first-order valence-corrected chi connectivity index (χ1v) is 7.86. The summed E-state index contributed by atoms with van der Waals surface area (Å²) in [6.07, 6.45) is 2.96. The van der Waals surface area contributed by atoms with Crippen LogP contribution in [0.5, 0.6) is 0 Å². The SMILES string of the molecule is CCc1cccc(C)c1Nc1cccc(SC)c1C#N. The van der Waals surface area contributed by atoms with Gasteiger partial charge in [-0.3, -0.25) is 0 Å². The lowest BCUT2D eigenvalue weighted by atomic mass is 10.0. The van der Waals surface area contributed by atoms with Crippen molar-refractivity contribution in [3.05, 3.63) is 53.1 Å². The lowest BCUT2D eigenvalue weighted by Gasteiger charge is -2.16. The molecule has 0 aromatic heterocycles. The Balaban J connectivity index is 2.49. The van der Waals surface area contributed by atoms with E-state index in [9.17, 15) is 5.26 Å². The van der Waals surface area contributed by atoms with E-state index in [1.54, 1.807) is 11.8 Å². The lowest BCUT2D eigenvalue weighted by molar-refractivity contribution is 1.13. The molecule has 0 fully saturated rings. The van der Waals surface area contributed by atoms with Gasteiger partial charge in [0, 0.05) is 10.6 Å². The first-order chi connectivity index (χ1) is 9.71. The zero-order chi connectivity index (χ0) is 14.5. The predicted molar refractivity (Wildman–Crippen MR) is 86.8 cm³/mol. The molecule has 3 heteroatoms. The molecule has 2 aromatic rings. The normalized spacial score (nSPS) is 10.1. The molecule has 1 N–H and O–H groups in total. The summed E-state index contributed by atoms with van der Waals surface area (Å²) in [5.74, 6) is 0. The fourth-order valence-corrected chi connectivity index (χ4v) is 2.83. The number of aryl methyl sites for hydroxylation is 2. The highest BCUT2D eigenvalue weighted by Crippen LogP contribution is 2.31. The van der Waals surface area contributed by atoms with Crippen LogP contribution >= 0.6 is 11.8 Å². The second-order valence-electron chi connectivity index (χ2n) is 4.58. The van der Waals surface area contributed by atoms with Crippen LogP contribution in [0.4, 0.5) is 11.4 Å². The van der Waals surface area contributed by atoms with Crippen LogP contribution in [-0.4, -0.2) is 6.26 Å². The first-order valence-electron chi connectivity index (χ1n) is 6.63. The molecule has 2 rings (SSSR count). The molecule has 0 aliphatic carbocycles. The van der Waals surface area contributed by atoms with Gasteiger partial charge in [0.25, 0.3) is 0 Å². The molecule has 0 spiro atoms. The zero-order valence-corrected chi connectivity index (χ0v) is 12.8. The summed E-state index contributed by atoms with van der Waals surface area (Å²) in [6.45, 7) is 4.23. The van der Waals surface area contributed by atoms with Crippen molar-refractivity contribution in [1.82, 2.24) is 0 Å². The Labute approximate surface area is 124 Å². The molecule has 2 aromatic carbocycles. The molecule has 0 heterocycles. The summed E-state index contributed by atoms with van der Waals surface area (Å²) in [5.41, 5.74) is 5.17. The fraction of sp³-hybridized carbons (Fsp3) is 0.235. The second kappa shape index (κ2) is 6.49. The van der Waals surface area contributed by atoms with E-state index < -0.39 is 0 Å². The minimum atomic E-state index is 0.713. The van der Waals surface area contributed by atoms with Gasteiger partial charge in [-0.2, -0.15) is 5.26 Å². The molecule has 0 unspecified atom stereocenters. The van der Waals surface area contributed by atoms with Crippen molar-refractivity contribution in [3.63, 3.8) is 0 Å². The number of nitrogens with one attached hydrogen (secondary N) is 1. The van der Waals surface area contributed by atoms with Crippen LogP contribution < -0.4 is 5.32 Å². The van der Waals surface area contributed by atoms with Crippen LogP contribution in [0.2, 0.25) is 0 Å². The molecule has 0 radical (unpaired) electrons. The molecular formula is C17H18N2S. The van der Waals surface area contributed by atoms with E-state index >= 15 is 0 Å². The molecule has 2 nitrogen and oxygen atoms in total. The molecule has 0 aliphatic heterocycles. The van der Waals surface area contributed by atoms with E-state index in [1.165, 1.54) is 11.1 Å². The van der Waals surface area contributed by atoms with E-state index in [4.69, 9.17) is 0 Å². The average molecular weight is 282 g/mol. The Bertz CT molecular complexity index is 657. The Morgan fingerprint density at radius 1 is 1.20 bits per heavy atom. The number of thioether (sulfide) groups is 1. The van der Waals surface area contributed by atoms with Crippen molar-refractivity contribution in [2.45, 2.75) is 25.2 Å². The highest BCUT2D eigenvalue weighted by Gasteiger charge is 2.10. The van der Waals surface area contributed by atoms with Crippen LogP contribution in [0, 0.1) is 18.3 Å². The van der Waals surface area contributed by atoms with Gasteiger partial charge >= 0.3 is 0 Å². The molecule has 20 heavy (non-hydrogen) atoms. The molecule has 0 saturated carbocycles. The summed E-state index contributed by atoms with van der Waals surface area (Å²) in [7, 11) is 0. The molecule has 0 aliphatic rings. The van der Waals surface area contributed by atoms with Crippen molar-refractivity contribution in [2.75, 3.05) is 11.6 Å². The molecular weight excluding hydrogens is 264 g/mol. The standard InChI is InChI=1S/C17H18N2S/c1-4-13-8-5-7-12(2)17(13)19-15-9-6-10-16(20-3)14(15)11-18/h5-10,19H,4H2,1-3H3. The van der Waals surface area contributed by atoms with E-state index in [2.05, 4.69) is 43.4 Å². The van der Waals surface area contributed by atoms with E-state index in [1.807, 2.05) is 24.5 Å². The smallest absolute Gasteiger partial charge is 0.103 e. The summed E-state index contributed by atoms with van der Waals surface area (Å²) >= 11 is 1.60. The predicted octanol–water partition coefficient (Wildman–Crippen LogP) is 4.89.